The number of ether oxygens (including phenoxy) is 2. The van der Waals surface area contributed by atoms with Gasteiger partial charge in [0.25, 0.3) is 0 Å². The quantitative estimate of drug-likeness (QED) is 0.819. The van der Waals surface area contributed by atoms with Crippen molar-refractivity contribution >= 4 is 23.3 Å². The first-order valence-corrected chi connectivity index (χ1v) is 7.30. The lowest BCUT2D eigenvalue weighted by atomic mass is 9.74. The Morgan fingerprint density at radius 3 is 2.75 bits per heavy atom. The third kappa shape index (κ3) is 3.25. The Morgan fingerprint density at radius 1 is 1.40 bits per heavy atom. The summed E-state index contributed by atoms with van der Waals surface area (Å²) in [7, 11) is 0. The van der Waals surface area contributed by atoms with Gasteiger partial charge in [0.05, 0.1) is 12.7 Å². The van der Waals surface area contributed by atoms with Gasteiger partial charge in [-0.2, -0.15) is 0 Å². The van der Waals surface area contributed by atoms with Gasteiger partial charge < -0.3 is 14.8 Å². The summed E-state index contributed by atoms with van der Waals surface area (Å²) in [5.74, 6) is -0.226. The van der Waals surface area contributed by atoms with Crippen molar-refractivity contribution in [3.8, 4) is 0 Å². The molecule has 0 aliphatic heterocycles. The average molecular weight is 298 g/mol. The molecule has 0 amide bonds. The van der Waals surface area contributed by atoms with Crippen LogP contribution < -0.4 is 5.32 Å². The van der Waals surface area contributed by atoms with E-state index in [1.807, 2.05) is 26.0 Å². The maximum Gasteiger partial charge on any atom is 0.331 e. The zero-order valence-corrected chi connectivity index (χ0v) is 12.6. The van der Waals surface area contributed by atoms with Gasteiger partial charge in [-0.05, 0) is 32.0 Å². The van der Waals surface area contributed by atoms with Crippen molar-refractivity contribution in [2.75, 3.05) is 18.5 Å². The second-order valence-electron chi connectivity index (χ2n) is 4.92. The summed E-state index contributed by atoms with van der Waals surface area (Å²) in [4.78, 5) is 12.2. The minimum absolute atomic E-state index is 0.107. The number of anilines is 1. The van der Waals surface area contributed by atoms with Crippen molar-refractivity contribution in [1.82, 2.24) is 0 Å². The van der Waals surface area contributed by atoms with E-state index in [1.165, 1.54) is 0 Å². The molecule has 1 fully saturated rings. The predicted molar refractivity (Wildman–Crippen MR) is 79.1 cm³/mol. The normalized spacial score (nSPS) is 24.9. The standard InChI is InChI=1S/C15H20ClNO3/c1-3-19-13-9-15(10-13,14(18)20-4-2)17-12-7-5-6-11(16)8-12/h5-8,13,17H,3-4,9-10H2,1-2H3. The molecular weight excluding hydrogens is 278 g/mol. The molecule has 1 aliphatic rings. The summed E-state index contributed by atoms with van der Waals surface area (Å²) >= 11 is 5.97. The molecule has 20 heavy (non-hydrogen) atoms. The fourth-order valence-electron chi connectivity index (χ4n) is 2.50. The number of nitrogens with one attached hydrogen (secondary N) is 1. The third-order valence-electron chi connectivity index (χ3n) is 3.43. The molecule has 1 saturated carbocycles. The highest BCUT2D eigenvalue weighted by atomic mass is 35.5. The van der Waals surface area contributed by atoms with Crippen molar-refractivity contribution in [3.63, 3.8) is 0 Å². The molecule has 5 heteroatoms. The van der Waals surface area contributed by atoms with Crippen LogP contribution >= 0.6 is 11.6 Å². The van der Waals surface area contributed by atoms with Crippen molar-refractivity contribution < 1.29 is 14.3 Å². The largest absolute Gasteiger partial charge is 0.464 e. The van der Waals surface area contributed by atoms with Crippen LogP contribution in [-0.4, -0.2) is 30.8 Å². The van der Waals surface area contributed by atoms with Crippen LogP contribution in [0, 0.1) is 0 Å². The number of benzene rings is 1. The average Bonchev–Trinajstić information content (AvgIpc) is 2.36. The lowest BCUT2D eigenvalue weighted by Crippen LogP contribution is -2.60. The monoisotopic (exact) mass is 297 g/mol. The molecule has 0 atom stereocenters. The van der Waals surface area contributed by atoms with E-state index in [-0.39, 0.29) is 12.1 Å². The fraction of sp³-hybridized carbons (Fsp3) is 0.533. The van der Waals surface area contributed by atoms with Crippen LogP contribution in [0.25, 0.3) is 0 Å². The number of carbonyl (C=O) groups excluding carboxylic acids is 1. The van der Waals surface area contributed by atoms with E-state index in [2.05, 4.69) is 5.32 Å². The van der Waals surface area contributed by atoms with Crippen LogP contribution in [0.1, 0.15) is 26.7 Å². The minimum atomic E-state index is -0.694. The second-order valence-corrected chi connectivity index (χ2v) is 5.36. The van der Waals surface area contributed by atoms with Crippen molar-refractivity contribution in [2.45, 2.75) is 38.3 Å². The highest BCUT2D eigenvalue weighted by molar-refractivity contribution is 6.30. The number of halogens is 1. The number of hydrogen-bond acceptors (Lipinski definition) is 4. The summed E-state index contributed by atoms with van der Waals surface area (Å²) in [5.41, 5.74) is 0.126. The molecule has 0 radical (unpaired) electrons. The Balaban J connectivity index is 2.10. The minimum Gasteiger partial charge on any atom is -0.464 e. The van der Waals surface area contributed by atoms with Crippen molar-refractivity contribution in [2.24, 2.45) is 0 Å². The molecule has 0 aromatic heterocycles. The molecule has 1 N–H and O–H groups in total. The molecule has 1 aromatic carbocycles. The lowest BCUT2D eigenvalue weighted by Gasteiger charge is -2.45. The Morgan fingerprint density at radius 2 is 2.15 bits per heavy atom. The van der Waals surface area contributed by atoms with Gasteiger partial charge in [-0.1, -0.05) is 17.7 Å². The summed E-state index contributed by atoms with van der Waals surface area (Å²) < 4.78 is 10.7. The summed E-state index contributed by atoms with van der Waals surface area (Å²) in [6.45, 7) is 4.79. The van der Waals surface area contributed by atoms with E-state index in [1.54, 1.807) is 12.1 Å². The van der Waals surface area contributed by atoms with E-state index in [4.69, 9.17) is 21.1 Å². The number of esters is 1. The molecule has 4 nitrogen and oxygen atoms in total. The number of hydrogen-bond donors (Lipinski definition) is 1. The smallest absolute Gasteiger partial charge is 0.331 e. The first kappa shape index (κ1) is 15.1. The summed E-state index contributed by atoms with van der Waals surface area (Å²) in [6.07, 6.45) is 1.34. The first-order chi connectivity index (χ1) is 9.59. The van der Waals surface area contributed by atoms with E-state index >= 15 is 0 Å². The molecule has 0 spiro atoms. The molecule has 0 unspecified atom stereocenters. The van der Waals surface area contributed by atoms with Gasteiger partial charge in [-0.3, -0.25) is 0 Å². The fourth-order valence-corrected chi connectivity index (χ4v) is 2.69. The highest BCUT2D eigenvalue weighted by Crippen LogP contribution is 2.39. The maximum atomic E-state index is 12.2. The van der Waals surface area contributed by atoms with Crippen LogP contribution in [-0.2, 0) is 14.3 Å². The number of carbonyl (C=O) groups is 1. The first-order valence-electron chi connectivity index (χ1n) is 6.92. The SMILES string of the molecule is CCOC(=O)C1(Nc2cccc(Cl)c2)CC(OCC)C1. The van der Waals surface area contributed by atoms with Crippen LogP contribution in [0.3, 0.4) is 0 Å². The van der Waals surface area contributed by atoms with Gasteiger partial charge in [-0.15, -0.1) is 0 Å². The van der Waals surface area contributed by atoms with Crippen molar-refractivity contribution in [3.05, 3.63) is 29.3 Å². The van der Waals surface area contributed by atoms with Gasteiger partial charge in [0.2, 0.25) is 0 Å². The molecule has 0 saturated heterocycles. The zero-order valence-electron chi connectivity index (χ0n) is 11.8. The zero-order chi connectivity index (χ0) is 14.6. The Labute approximate surface area is 124 Å². The molecule has 110 valence electrons. The van der Waals surface area contributed by atoms with E-state index in [0.717, 1.165) is 5.69 Å². The van der Waals surface area contributed by atoms with Crippen LogP contribution in [0.4, 0.5) is 5.69 Å². The topological polar surface area (TPSA) is 47.6 Å². The summed E-state index contributed by atoms with van der Waals surface area (Å²) in [6, 6.07) is 7.34. The molecule has 0 bridgehead atoms. The van der Waals surface area contributed by atoms with Gasteiger partial charge in [-0.25, -0.2) is 4.79 Å². The molecule has 0 heterocycles. The van der Waals surface area contributed by atoms with Gasteiger partial charge in [0, 0.05) is 30.2 Å². The maximum absolute atomic E-state index is 12.2. The second kappa shape index (κ2) is 6.46. The Hall–Kier alpha value is -1.26. The molecule has 2 rings (SSSR count). The number of rotatable bonds is 6. The molecule has 1 aliphatic carbocycles. The van der Waals surface area contributed by atoms with Crippen LogP contribution in [0.5, 0.6) is 0 Å². The predicted octanol–water partition coefficient (Wildman–Crippen LogP) is 3.25. The Bertz CT molecular complexity index is 472. The molecular formula is C15H20ClNO3. The van der Waals surface area contributed by atoms with Crippen LogP contribution in [0.15, 0.2) is 24.3 Å². The van der Waals surface area contributed by atoms with Gasteiger partial charge in [0.15, 0.2) is 0 Å². The van der Waals surface area contributed by atoms with Gasteiger partial charge >= 0.3 is 5.97 Å². The van der Waals surface area contributed by atoms with E-state index < -0.39 is 5.54 Å². The third-order valence-corrected chi connectivity index (χ3v) is 3.66. The van der Waals surface area contributed by atoms with E-state index in [9.17, 15) is 4.79 Å². The van der Waals surface area contributed by atoms with Crippen molar-refractivity contribution in [1.29, 1.82) is 0 Å². The lowest BCUT2D eigenvalue weighted by molar-refractivity contribution is -0.158. The van der Waals surface area contributed by atoms with E-state index in [0.29, 0.717) is 31.1 Å². The Kier molecular flexibility index (Phi) is 4.89. The highest BCUT2D eigenvalue weighted by Gasteiger charge is 2.52. The van der Waals surface area contributed by atoms with Gasteiger partial charge in [0.1, 0.15) is 5.54 Å². The summed E-state index contributed by atoms with van der Waals surface area (Å²) in [5, 5.41) is 3.90. The molecule has 1 aromatic rings. The van der Waals surface area contributed by atoms with Crippen LogP contribution in [0.2, 0.25) is 5.02 Å².